The highest BCUT2D eigenvalue weighted by Gasteiger charge is 2.16. The molecule has 116 valence electrons. The lowest BCUT2D eigenvalue weighted by Crippen LogP contribution is -2.09. The predicted octanol–water partition coefficient (Wildman–Crippen LogP) is 1.73. The van der Waals surface area contributed by atoms with E-state index in [-0.39, 0.29) is 0 Å². The molecule has 0 radical (unpaired) electrons. The molecule has 0 aliphatic rings. The maximum absolute atomic E-state index is 5.48. The van der Waals surface area contributed by atoms with Gasteiger partial charge in [-0.05, 0) is 20.3 Å². The molecule has 0 aliphatic heterocycles. The molecule has 2 heterocycles. The molecule has 2 aromatic heterocycles. The van der Waals surface area contributed by atoms with Crippen LogP contribution in [0.4, 0.5) is 0 Å². The van der Waals surface area contributed by atoms with E-state index in [9.17, 15) is 0 Å². The molecule has 2 aromatic rings. The Kier molecular flexibility index (Phi) is 5.82. The summed E-state index contributed by atoms with van der Waals surface area (Å²) in [5.41, 5.74) is 0.635. The Morgan fingerprint density at radius 2 is 2.00 bits per heavy atom. The van der Waals surface area contributed by atoms with Crippen molar-refractivity contribution in [2.24, 2.45) is 0 Å². The van der Waals surface area contributed by atoms with Gasteiger partial charge >= 0.3 is 0 Å². The van der Waals surface area contributed by atoms with Crippen molar-refractivity contribution in [2.45, 2.75) is 46.4 Å². The summed E-state index contributed by atoms with van der Waals surface area (Å²) in [5, 5.41) is 12.0. The Bertz CT molecular complexity index is 533. The summed E-state index contributed by atoms with van der Waals surface area (Å²) in [4.78, 5) is 4.29. The Hall–Kier alpha value is -1.80. The molecule has 0 fully saturated rings. The standard InChI is InChI=1S/C13H21N5O3/c1-4-7-12-14-11(16-21-12)9-18-8-10(15-17-18)13(19-5-2)20-6-3/h8,13H,4-7,9H2,1-3H3. The molecular formula is C13H21N5O3. The highest BCUT2D eigenvalue weighted by molar-refractivity contribution is 4.96. The molecule has 8 heteroatoms. The van der Waals surface area contributed by atoms with Gasteiger partial charge in [-0.3, -0.25) is 0 Å². The lowest BCUT2D eigenvalue weighted by Gasteiger charge is -2.13. The van der Waals surface area contributed by atoms with Crippen LogP contribution in [-0.4, -0.2) is 38.3 Å². The third-order valence-corrected chi connectivity index (χ3v) is 2.71. The van der Waals surface area contributed by atoms with E-state index in [2.05, 4.69) is 27.4 Å². The number of ether oxygens (including phenoxy) is 2. The van der Waals surface area contributed by atoms with Gasteiger partial charge in [-0.15, -0.1) is 5.10 Å². The fourth-order valence-electron chi connectivity index (χ4n) is 1.83. The van der Waals surface area contributed by atoms with Crippen molar-refractivity contribution in [1.82, 2.24) is 25.1 Å². The molecule has 0 aliphatic carbocycles. The summed E-state index contributed by atoms with van der Waals surface area (Å²) < 4.78 is 17.7. The highest BCUT2D eigenvalue weighted by Crippen LogP contribution is 2.16. The van der Waals surface area contributed by atoms with Crippen molar-refractivity contribution in [3.8, 4) is 0 Å². The van der Waals surface area contributed by atoms with E-state index in [1.54, 1.807) is 10.9 Å². The van der Waals surface area contributed by atoms with E-state index in [0.29, 0.717) is 37.2 Å². The van der Waals surface area contributed by atoms with Crippen LogP contribution in [0.3, 0.4) is 0 Å². The highest BCUT2D eigenvalue weighted by atomic mass is 16.7. The molecule has 0 bridgehead atoms. The van der Waals surface area contributed by atoms with E-state index in [1.807, 2.05) is 13.8 Å². The van der Waals surface area contributed by atoms with E-state index in [4.69, 9.17) is 14.0 Å². The first-order valence-electron chi connectivity index (χ1n) is 7.21. The minimum absolute atomic E-state index is 0.408. The van der Waals surface area contributed by atoms with Crippen LogP contribution in [0.1, 0.15) is 50.9 Å². The molecule has 2 rings (SSSR count). The van der Waals surface area contributed by atoms with Gasteiger partial charge in [0.1, 0.15) is 12.2 Å². The summed E-state index contributed by atoms with van der Waals surface area (Å²) in [5.74, 6) is 1.23. The first-order chi connectivity index (χ1) is 10.3. The fraction of sp³-hybridized carbons (Fsp3) is 0.692. The SMILES string of the molecule is CCCc1nc(Cn2cc(C(OCC)OCC)nn2)no1. The summed E-state index contributed by atoms with van der Waals surface area (Å²) in [6.07, 6.45) is 3.03. The van der Waals surface area contributed by atoms with Crippen LogP contribution < -0.4 is 0 Å². The second-order valence-electron chi connectivity index (χ2n) is 4.44. The van der Waals surface area contributed by atoms with Crippen molar-refractivity contribution in [1.29, 1.82) is 0 Å². The second-order valence-corrected chi connectivity index (χ2v) is 4.44. The summed E-state index contributed by atoms with van der Waals surface area (Å²) in [6, 6.07) is 0. The third-order valence-electron chi connectivity index (χ3n) is 2.71. The van der Waals surface area contributed by atoms with E-state index >= 15 is 0 Å². The first kappa shape index (κ1) is 15.6. The molecule has 0 unspecified atom stereocenters. The van der Waals surface area contributed by atoms with Gasteiger partial charge in [0, 0.05) is 19.6 Å². The average molecular weight is 295 g/mol. The lowest BCUT2D eigenvalue weighted by atomic mass is 10.3. The third kappa shape index (κ3) is 4.33. The monoisotopic (exact) mass is 295 g/mol. The summed E-state index contributed by atoms with van der Waals surface area (Å²) >= 11 is 0. The quantitative estimate of drug-likeness (QED) is 0.651. The fourth-order valence-corrected chi connectivity index (χ4v) is 1.83. The zero-order valence-electron chi connectivity index (χ0n) is 12.7. The van der Waals surface area contributed by atoms with E-state index < -0.39 is 6.29 Å². The van der Waals surface area contributed by atoms with Gasteiger partial charge in [0.05, 0.1) is 6.20 Å². The maximum atomic E-state index is 5.48. The summed E-state index contributed by atoms with van der Waals surface area (Å²) in [7, 11) is 0. The molecule has 0 N–H and O–H groups in total. The van der Waals surface area contributed by atoms with Crippen LogP contribution in [0.15, 0.2) is 10.7 Å². The Labute approximate surface area is 123 Å². The van der Waals surface area contributed by atoms with Crippen molar-refractivity contribution in [3.05, 3.63) is 23.6 Å². The van der Waals surface area contributed by atoms with Gasteiger partial charge in [0.25, 0.3) is 0 Å². The molecule has 0 atom stereocenters. The largest absolute Gasteiger partial charge is 0.347 e. The maximum Gasteiger partial charge on any atom is 0.226 e. The number of aryl methyl sites for hydroxylation is 1. The molecule has 21 heavy (non-hydrogen) atoms. The van der Waals surface area contributed by atoms with Gasteiger partial charge in [-0.2, -0.15) is 4.98 Å². The smallest absolute Gasteiger partial charge is 0.226 e. The molecule has 0 aromatic carbocycles. The molecule has 8 nitrogen and oxygen atoms in total. The van der Waals surface area contributed by atoms with Crippen molar-refractivity contribution >= 4 is 0 Å². The van der Waals surface area contributed by atoms with Crippen LogP contribution >= 0.6 is 0 Å². The van der Waals surface area contributed by atoms with Crippen molar-refractivity contribution in [3.63, 3.8) is 0 Å². The van der Waals surface area contributed by atoms with Gasteiger partial charge in [-0.25, -0.2) is 4.68 Å². The predicted molar refractivity (Wildman–Crippen MR) is 73.4 cm³/mol. The van der Waals surface area contributed by atoms with E-state index in [0.717, 1.165) is 12.8 Å². The van der Waals surface area contributed by atoms with Crippen molar-refractivity contribution in [2.75, 3.05) is 13.2 Å². The van der Waals surface area contributed by atoms with Gasteiger partial charge in [0.15, 0.2) is 5.82 Å². The molecule has 0 saturated carbocycles. The van der Waals surface area contributed by atoms with Crippen LogP contribution in [0.25, 0.3) is 0 Å². The Morgan fingerprint density at radius 3 is 2.67 bits per heavy atom. The molecule has 0 spiro atoms. The Balaban J connectivity index is 2.00. The zero-order chi connectivity index (χ0) is 15.1. The normalized spacial score (nSPS) is 11.4. The van der Waals surface area contributed by atoms with Crippen LogP contribution in [0, 0.1) is 0 Å². The number of aromatic nitrogens is 5. The number of rotatable bonds is 9. The number of nitrogens with zero attached hydrogens (tertiary/aromatic N) is 5. The lowest BCUT2D eigenvalue weighted by molar-refractivity contribution is -0.142. The molecule has 0 saturated heterocycles. The summed E-state index contributed by atoms with van der Waals surface area (Å²) in [6.45, 7) is 7.38. The van der Waals surface area contributed by atoms with Gasteiger partial charge < -0.3 is 14.0 Å². The van der Waals surface area contributed by atoms with Crippen LogP contribution in [-0.2, 0) is 22.4 Å². The number of hydrogen-bond donors (Lipinski definition) is 0. The topological polar surface area (TPSA) is 88.1 Å². The average Bonchev–Trinajstić information content (AvgIpc) is 3.09. The van der Waals surface area contributed by atoms with Crippen LogP contribution in [0.2, 0.25) is 0 Å². The minimum Gasteiger partial charge on any atom is -0.347 e. The number of hydrogen-bond acceptors (Lipinski definition) is 7. The van der Waals surface area contributed by atoms with Crippen molar-refractivity contribution < 1.29 is 14.0 Å². The zero-order valence-corrected chi connectivity index (χ0v) is 12.7. The second kappa shape index (κ2) is 7.84. The minimum atomic E-state index is -0.491. The first-order valence-corrected chi connectivity index (χ1v) is 7.21. The van der Waals surface area contributed by atoms with Gasteiger partial charge in [0.2, 0.25) is 12.2 Å². The molecule has 0 amide bonds. The van der Waals surface area contributed by atoms with Crippen LogP contribution in [0.5, 0.6) is 0 Å². The van der Waals surface area contributed by atoms with E-state index in [1.165, 1.54) is 0 Å². The van der Waals surface area contributed by atoms with Gasteiger partial charge in [-0.1, -0.05) is 17.3 Å². The Morgan fingerprint density at radius 1 is 1.24 bits per heavy atom. The molecular weight excluding hydrogens is 274 g/mol.